The number of thioether (sulfide) groups is 1. The van der Waals surface area contributed by atoms with Crippen molar-refractivity contribution < 1.29 is 0 Å². The number of fused-ring (bicyclic) bond motifs is 1. The lowest BCUT2D eigenvalue weighted by Gasteiger charge is -2.15. The van der Waals surface area contributed by atoms with E-state index in [1.807, 2.05) is 38.6 Å². The smallest absolute Gasteiger partial charge is 0.332 e. The highest BCUT2D eigenvalue weighted by Gasteiger charge is 2.20. The van der Waals surface area contributed by atoms with E-state index in [0.29, 0.717) is 34.2 Å². The zero-order valence-corrected chi connectivity index (χ0v) is 17.1. The lowest BCUT2D eigenvalue weighted by molar-refractivity contribution is 0.603. The molecular weight excluding hydrogens is 364 g/mol. The Morgan fingerprint density at radius 1 is 1.19 bits per heavy atom. The largest absolute Gasteiger partial charge is 0.337 e. The highest BCUT2D eigenvalue weighted by Crippen LogP contribution is 2.27. The molecule has 3 rings (SSSR count). The predicted octanol–water partition coefficient (Wildman–Crippen LogP) is 2.05. The van der Waals surface area contributed by atoms with E-state index in [9.17, 15) is 9.59 Å². The molecule has 3 aromatic heterocycles. The SMILES string of the molecule is CCCn1c(=O)n(C)c(=O)c2c(SCc3nccn3C)nc(C(C)C)nc21. The Bertz CT molecular complexity index is 1100. The fourth-order valence-corrected chi connectivity index (χ4v) is 3.83. The maximum Gasteiger partial charge on any atom is 0.332 e. The Kier molecular flexibility index (Phi) is 5.50. The van der Waals surface area contributed by atoms with Gasteiger partial charge in [0, 0.05) is 39.0 Å². The van der Waals surface area contributed by atoms with E-state index >= 15 is 0 Å². The maximum atomic E-state index is 12.9. The molecule has 3 heterocycles. The van der Waals surface area contributed by atoms with Crippen LogP contribution >= 0.6 is 11.8 Å². The molecule has 9 heteroatoms. The summed E-state index contributed by atoms with van der Waals surface area (Å²) in [6.07, 6.45) is 4.39. The second kappa shape index (κ2) is 7.67. The summed E-state index contributed by atoms with van der Waals surface area (Å²) in [6, 6.07) is 0. The summed E-state index contributed by atoms with van der Waals surface area (Å²) >= 11 is 1.45. The van der Waals surface area contributed by atoms with Crippen LogP contribution in [0.1, 0.15) is 44.8 Å². The maximum absolute atomic E-state index is 12.9. The van der Waals surface area contributed by atoms with Crippen LogP contribution in [0.2, 0.25) is 0 Å². The summed E-state index contributed by atoms with van der Waals surface area (Å²) in [5.74, 6) is 2.17. The van der Waals surface area contributed by atoms with Crippen molar-refractivity contribution in [2.24, 2.45) is 14.1 Å². The van der Waals surface area contributed by atoms with Crippen LogP contribution in [0.3, 0.4) is 0 Å². The minimum Gasteiger partial charge on any atom is -0.337 e. The molecule has 0 unspecified atom stereocenters. The van der Waals surface area contributed by atoms with E-state index in [0.717, 1.165) is 16.8 Å². The minimum atomic E-state index is -0.361. The van der Waals surface area contributed by atoms with E-state index < -0.39 is 0 Å². The van der Waals surface area contributed by atoms with Gasteiger partial charge in [-0.25, -0.2) is 19.7 Å². The molecule has 0 spiro atoms. The molecule has 0 aromatic carbocycles. The number of hydrogen-bond donors (Lipinski definition) is 0. The Balaban J connectivity index is 2.26. The van der Waals surface area contributed by atoms with Gasteiger partial charge in [0.25, 0.3) is 5.56 Å². The number of hydrogen-bond acceptors (Lipinski definition) is 6. The van der Waals surface area contributed by atoms with Crippen LogP contribution in [0, 0.1) is 0 Å². The lowest BCUT2D eigenvalue weighted by atomic mass is 10.2. The zero-order valence-electron chi connectivity index (χ0n) is 16.3. The van der Waals surface area contributed by atoms with Crippen LogP contribution in [0.5, 0.6) is 0 Å². The molecular formula is C18H24N6O2S. The third-order valence-electron chi connectivity index (χ3n) is 4.39. The molecule has 0 saturated heterocycles. The van der Waals surface area contributed by atoms with Crippen molar-refractivity contribution >= 4 is 22.8 Å². The first-order valence-corrected chi connectivity index (χ1v) is 9.94. The van der Waals surface area contributed by atoms with Crippen LogP contribution in [0.25, 0.3) is 11.0 Å². The van der Waals surface area contributed by atoms with E-state index in [1.54, 1.807) is 10.8 Å². The summed E-state index contributed by atoms with van der Waals surface area (Å²) in [6.45, 7) is 6.49. The van der Waals surface area contributed by atoms with Gasteiger partial charge in [-0.15, -0.1) is 0 Å². The summed E-state index contributed by atoms with van der Waals surface area (Å²) in [7, 11) is 3.43. The standard InChI is InChI=1S/C18H24N6O2S/c1-6-8-24-15-13(17(25)23(5)18(24)26)16(21-14(20-15)11(2)3)27-10-12-19-7-9-22(12)4/h7,9,11H,6,8,10H2,1-5H3. The van der Waals surface area contributed by atoms with E-state index in [4.69, 9.17) is 0 Å². The topological polar surface area (TPSA) is 87.6 Å². The molecule has 0 saturated carbocycles. The van der Waals surface area contributed by atoms with Crippen molar-refractivity contribution in [1.29, 1.82) is 0 Å². The van der Waals surface area contributed by atoms with Crippen LogP contribution in [0.4, 0.5) is 0 Å². The number of rotatable bonds is 6. The molecule has 0 atom stereocenters. The molecule has 8 nitrogen and oxygen atoms in total. The van der Waals surface area contributed by atoms with Gasteiger partial charge in [0.05, 0.1) is 5.75 Å². The van der Waals surface area contributed by atoms with Gasteiger partial charge in [0.15, 0.2) is 5.65 Å². The van der Waals surface area contributed by atoms with Crippen molar-refractivity contribution in [2.45, 2.75) is 50.4 Å². The number of nitrogens with zero attached hydrogens (tertiary/aromatic N) is 6. The lowest BCUT2D eigenvalue weighted by Crippen LogP contribution is -2.39. The molecule has 0 bridgehead atoms. The fourth-order valence-electron chi connectivity index (χ4n) is 2.81. The Labute approximate surface area is 161 Å². The first-order chi connectivity index (χ1) is 12.8. The van der Waals surface area contributed by atoms with Gasteiger partial charge in [0.1, 0.15) is 22.1 Å². The Morgan fingerprint density at radius 3 is 2.52 bits per heavy atom. The van der Waals surface area contributed by atoms with Crippen molar-refractivity contribution in [3.8, 4) is 0 Å². The molecule has 0 aliphatic rings. The molecule has 27 heavy (non-hydrogen) atoms. The Hall–Kier alpha value is -2.42. The van der Waals surface area contributed by atoms with Crippen molar-refractivity contribution in [1.82, 2.24) is 28.7 Å². The molecule has 0 aliphatic heterocycles. The normalized spacial score (nSPS) is 11.6. The molecule has 3 aromatic rings. The number of imidazole rings is 1. The van der Waals surface area contributed by atoms with Crippen molar-refractivity contribution in [2.75, 3.05) is 0 Å². The quantitative estimate of drug-likeness (QED) is 0.474. The van der Waals surface area contributed by atoms with Crippen molar-refractivity contribution in [3.63, 3.8) is 0 Å². The van der Waals surface area contributed by atoms with Gasteiger partial charge in [-0.2, -0.15) is 0 Å². The number of aryl methyl sites for hydroxylation is 2. The van der Waals surface area contributed by atoms with E-state index in [1.165, 1.54) is 18.8 Å². The molecule has 0 aliphatic carbocycles. The predicted molar refractivity (Wildman–Crippen MR) is 106 cm³/mol. The monoisotopic (exact) mass is 388 g/mol. The first-order valence-electron chi connectivity index (χ1n) is 8.95. The second-order valence-corrected chi connectivity index (χ2v) is 7.75. The minimum absolute atomic E-state index is 0.0798. The van der Waals surface area contributed by atoms with Crippen molar-refractivity contribution in [3.05, 3.63) is 44.9 Å². The molecule has 0 amide bonds. The van der Waals surface area contributed by atoms with Crippen LogP contribution in [0.15, 0.2) is 27.0 Å². The molecule has 0 radical (unpaired) electrons. The van der Waals surface area contributed by atoms with Crippen LogP contribution < -0.4 is 11.2 Å². The third kappa shape index (κ3) is 3.55. The summed E-state index contributed by atoms with van der Waals surface area (Å²) in [5.41, 5.74) is -0.284. The average Bonchev–Trinajstić information content (AvgIpc) is 3.05. The molecule has 144 valence electrons. The molecule has 0 N–H and O–H groups in total. The first kappa shape index (κ1) is 19.3. The molecule has 0 fully saturated rings. The third-order valence-corrected chi connectivity index (χ3v) is 5.36. The van der Waals surface area contributed by atoms with Gasteiger partial charge in [0.2, 0.25) is 0 Å². The summed E-state index contributed by atoms with van der Waals surface area (Å²) in [4.78, 5) is 39.1. The van der Waals surface area contributed by atoms with Gasteiger partial charge >= 0.3 is 5.69 Å². The Morgan fingerprint density at radius 2 is 1.93 bits per heavy atom. The number of aromatic nitrogens is 6. The van der Waals surface area contributed by atoms with E-state index in [-0.39, 0.29) is 17.2 Å². The highest BCUT2D eigenvalue weighted by molar-refractivity contribution is 7.98. The van der Waals surface area contributed by atoms with Crippen LogP contribution in [-0.4, -0.2) is 28.7 Å². The fraction of sp³-hybridized carbons (Fsp3) is 0.500. The summed E-state index contributed by atoms with van der Waals surface area (Å²) in [5, 5.41) is 0.992. The second-order valence-electron chi connectivity index (χ2n) is 6.78. The van der Waals surface area contributed by atoms with Crippen LogP contribution in [-0.2, 0) is 26.4 Å². The van der Waals surface area contributed by atoms with Gasteiger partial charge in [-0.1, -0.05) is 32.5 Å². The highest BCUT2D eigenvalue weighted by atomic mass is 32.2. The average molecular weight is 388 g/mol. The van der Waals surface area contributed by atoms with E-state index in [2.05, 4.69) is 15.0 Å². The zero-order chi connectivity index (χ0) is 19.7. The van der Waals surface area contributed by atoms with Gasteiger partial charge in [-0.3, -0.25) is 13.9 Å². The summed E-state index contributed by atoms with van der Waals surface area (Å²) < 4.78 is 4.65. The van der Waals surface area contributed by atoms with Gasteiger partial charge in [-0.05, 0) is 6.42 Å². The van der Waals surface area contributed by atoms with Gasteiger partial charge < -0.3 is 4.57 Å².